The van der Waals surface area contributed by atoms with Gasteiger partial charge in [0.2, 0.25) is 0 Å². The van der Waals surface area contributed by atoms with Crippen molar-refractivity contribution in [1.29, 1.82) is 0 Å². The molecule has 0 atom stereocenters. The van der Waals surface area contributed by atoms with Crippen molar-refractivity contribution in [2.75, 3.05) is 13.7 Å². The highest BCUT2D eigenvalue weighted by atomic mass is 35.5. The lowest BCUT2D eigenvalue weighted by Crippen LogP contribution is -2.09. The second kappa shape index (κ2) is 7.48. The van der Waals surface area contributed by atoms with Crippen molar-refractivity contribution in [3.8, 4) is 5.75 Å². The fourth-order valence-corrected chi connectivity index (χ4v) is 2.50. The minimum Gasteiger partial charge on any atom is -0.491 e. The zero-order chi connectivity index (χ0) is 14.4. The molecule has 0 aliphatic rings. The Balaban J connectivity index is 2.05. The van der Waals surface area contributed by atoms with E-state index in [9.17, 15) is 0 Å². The summed E-state index contributed by atoms with van der Waals surface area (Å²) in [6, 6.07) is 7.50. The van der Waals surface area contributed by atoms with Crippen LogP contribution in [-0.2, 0) is 13.0 Å². The summed E-state index contributed by atoms with van der Waals surface area (Å²) in [4.78, 5) is 4.08. The highest BCUT2D eigenvalue weighted by Gasteiger charge is 2.10. The van der Waals surface area contributed by atoms with Crippen molar-refractivity contribution in [2.24, 2.45) is 0 Å². The number of pyridine rings is 1. The SMILES string of the molecule is CNCc1cc(Cl)cc(Cl)c1OCCc1cccnc1. The number of nitrogens with zero attached hydrogens (tertiary/aromatic N) is 1. The van der Waals surface area contributed by atoms with Crippen molar-refractivity contribution in [2.45, 2.75) is 13.0 Å². The van der Waals surface area contributed by atoms with Gasteiger partial charge in [0, 0.05) is 35.9 Å². The van der Waals surface area contributed by atoms with E-state index in [-0.39, 0.29) is 0 Å². The first-order chi connectivity index (χ1) is 9.70. The van der Waals surface area contributed by atoms with E-state index in [4.69, 9.17) is 27.9 Å². The molecule has 1 aromatic heterocycles. The Bertz CT molecular complexity index is 561. The van der Waals surface area contributed by atoms with Crippen molar-refractivity contribution in [1.82, 2.24) is 10.3 Å². The second-order valence-electron chi connectivity index (χ2n) is 4.37. The first kappa shape index (κ1) is 15.1. The molecule has 20 heavy (non-hydrogen) atoms. The monoisotopic (exact) mass is 310 g/mol. The topological polar surface area (TPSA) is 34.1 Å². The van der Waals surface area contributed by atoms with Crippen LogP contribution in [0.3, 0.4) is 0 Å². The van der Waals surface area contributed by atoms with Gasteiger partial charge in [0.25, 0.3) is 0 Å². The number of ether oxygens (including phenoxy) is 1. The second-order valence-corrected chi connectivity index (χ2v) is 5.21. The maximum atomic E-state index is 6.20. The van der Waals surface area contributed by atoms with Gasteiger partial charge in [-0.25, -0.2) is 0 Å². The number of halogens is 2. The van der Waals surface area contributed by atoms with Gasteiger partial charge >= 0.3 is 0 Å². The lowest BCUT2D eigenvalue weighted by atomic mass is 10.2. The number of hydrogen-bond donors (Lipinski definition) is 1. The standard InChI is InChI=1S/C15H16Cl2N2O/c1-18-10-12-7-13(16)8-14(17)15(12)20-6-4-11-3-2-5-19-9-11/h2-3,5,7-9,18H,4,6,10H2,1H3. The Morgan fingerprint density at radius 2 is 2.15 bits per heavy atom. The number of hydrogen-bond acceptors (Lipinski definition) is 3. The first-order valence-corrected chi connectivity index (χ1v) is 7.10. The smallest absolute Gasteiger partial charge is 0.142 e. The Morgan fingerprint density at radius 3 is 2.85 bits per heavy atom. The van der Waals surface area contributed by atoms with Crippen LogP contribution in [0.25, 0.3) is 0 Å². The third-order valence-electron chi connectivity index (χ3n) is 2.81. The largest absolute Gasteiger partial charge is 0.491 e. The van der Waals surface area contributed by atoms with Crippen molar-refractivity contribution < 1.29 is 4.74 Å². The van der Waals surface area contributed by atoms with Gasteiger partial charge in [0.1, 0.15) is 5.75 Å². The van der Waals surface area contributed by atoms with E-state index >= 15 is 0 Å². The fraction of sp³-hybridized carbons (Fsp3) is 0.267. The van der Waals surface area contributed by atoms with Crippen LogP contribution < -0.4 is 10.1 Å². The van der Waals surface area contributed by atoms with Crippen LogP contribution in [-0.4, -0.2) is 18.6 Å². The molecule has 3 nitrogen and oxygen atoms in total. The zero-order valence-corrected chi connectivity index (χ0v) is 12.7. The third-order valence-corrected chi connectivity index (χ3v) is 3.31. The normalized spacial score (nSPS) is 10.6. The Labute approximate surface area is 128 Å². The number of aromatic nitrogens is 1. The van der Waals surface area contributed by atoms with Gasteiger partial charge in [-0.3, -0.25) is 4.98 Å². The van der Waals surface area contributed by atoms with Crippen LogP contribution in [0, 0.1) is 0 Å². The molecule has 5 heteroatoms. The van der Waals surface area contributed by atoms with Gasteiger partial charge < -0.3 is 10.1 Å². The summed E-state index contributed by atoms with van der Waals surface area (Å²) in [6.07, 6.45) is 4.37. The molecule has 0 radical (unpaired) electrons. The molecule has 0 unspecified atom stereocenters. The van der Waals surface area contributed by atoms with Crippen LogP contribution in [0.5, 0.6) is 5.75 Å². The molecular formula is C15H16Cl2N2O. The molecule has 106 valence electrons. The molecule has 2 rings (SSSR count). The van der Waals surface area contributed by atoms with Crippen LogP contribution in [0.15, 0.2) is 36.7 Å². The summed E-state index contributed by atoms with van der Waals surface area (Å²) in [6.45, 7) is 1.20. The Hall–Kier alpha value is -1.29. The minimum absolute atomic E-state index is 0.536. The number of benzene rings is 1. The third kappa shape index (κ3) is 4.10. The predicted molar refractivity (Wildman–Crippen MR) is 82.7 cm³/mol. The van der Waals surface area contributed by atoms with E-state index in [0.717, 1.165) is 17.5 Å². The van der Waals surface area contributed by atoms with E-state index in [1.165, 1.54) is 0 Å². The van der Waals surface area contributed by atoms with Gasteiger partial charge in [-0.05, 0) is 30.8 Å². The van der Waals surface area contributed by atoms with Crippen LogP contribution in [0.4, 0.5) is 0 Å². The summed E-state index contributed by atoms with van der Waals surface area (Å²) < 4.78 is 5.82. The molecule has 0 saturated heterocycles. The predicted octanol–water partition coefficient (Wildman–Crippen LogP) is 3.73. The first-order valence-electron chi connectivity index (χ1n) is 6.35. The average molecular weight is 311 g/mol. The van der Waals surface area contributed by atoms with E-state index in [1.807, 2.05) is 31.4 Å². The summed E-state index contributed by atoms with van der Waals surface area (Å²) in [5.74, 6) is 0.689. The molecule has 0 fully saturated rings. The van der Waals surface area contributed by atoms with Crippen LogP contribution in [0.1, 0.15) is 11.1 Å². The Kier molecular flexibility index (Phi) is 5.65. The van der Waals surface area contributed by atoms with Gasteiger partial charge in [0.15, 0.2) is 0 Å². The van der Waals surface area contributed by atoms with E-state index in [0.29, 0.717) is 28.9 Å². The molecule has 1 heterocycles. The van der Waals surface area contributed by atoms with Gasteiger partial charge in [0.05, 0.1) is 11.6 Å². The maximum absolute atomic E-state index is 6.20. The number of rotatable bonds is 6. The molecule has 0 saturated carbocycles. The fourth-order valence-electron chi connectivity index (χ4n) is 1.91. The molecule has 1 N–H and O–H groups in total. The molecule has 0 spiro atoms. The van der Waals surface area contributed by atoms with Gasteiger partial charge in [-0.1, -0.05) is 29.3 Å². The van der Waals surface area contributed by atoms with E-state index in [1.54, 1.807) is 12.3 Å². The quantitative estimate of drug-likeness (QED) is 0.882. The minimum atomic E-state index is 0.536. The zero-order valence-electron chi connectivity index (χ0n) is 11.2. The van der Waals surface area contributed by atoms with Gasteiger partial charge in [-0.15, -0.1) is 0 Å². The lowest BCUT2D eigenvalue weighted by molar-refractivity contribution is 0.318. The molecule has 0 amide bonds. The molecule has 0 aliphatic carbocycles. The molecular weight excluding hydrogens is 295 g/mol. The van der Waals surface area contributed by atoms with Crippen LogP contribution >= 0.6 is 23.2 Å². The maximum Gasteiger partial charge on any atom is 0.142 e. The van der Waals surface area contributed by atoms with Crippen LogP contribution in [0.2, 0.25) is 10.0 Å². The molecule has 0 bridgehead atoms. The summed E-state index contributed by atoms with van der Waals surface area (Å²) in [5, 5.41) is 4.23. The Morgan fingerprint density at radius 1 is 1.30 bits per heavy atom. The molecule has 1 aromatic carbocycles. The molecule has 2 aromatic rings. The highest BCUT2D eigenvalue weighted by Crippen LogP contribution is 2.32. The molecule has 0 aliphatic heterocycles. The van der Waals surface area contributed by atoms with Crippen molar-refractivity contribution in [3.05, 3.63) is 57.8 Å². The highest BCUT2D eigenvalue weighted by molar-refractivity contribution is 6.35. The van der Waals surface area contributed by atoms with Crippen molar-refractivity contribution >= 4 is 23.2 Å². The average Bonchev–Trinajstić information content (AvgIpc) is 2.43. The lowest BCUT2D eigenvalue weighted by Gasteiger charge is -2.13. The van der Waals surface area contributed by atoms with E-state index in [2.05, 4.69) is 10.3 Å². The summed E-state index contributed by atoms with van der Waals surface area (Å²) in [5.41, 5.74) is 2.09. The summed E-state index contributed by atoms with van der Waals surface area (Å²) >= 11 is 12.2. The van der Waals surface area contributed by atoms with E-state index < -0.39 is 0 Å². The number of nitrogens with one attached hydrogen (secondary N) is 1. The van der Waals surface area contributed by atoms with Crippen molar-refractivity contribution in [3.63, 3.8) is 0 Å². The summed E-state index contributed by atoms with van der Waals surface area (Å²) in [7, 11) is 1.87. The van der Waals surface area contributed by atoms with Gasteiger partial charge in [-0.2, -0.15) is 0 Å².